The third kappa shape index (κ3) is 8.08. The summed E-state index contributed by atoms with van der Waals surface area (Å²) in [5, 5.41) is 3.94. The van der Waals surface area contributed by atoms with Crippen LogP contribution in [0.5, 0.6) is 0 Å². The monoisotopic (exact) mass is 486 g/mol. The van der Waals surface area contributed by atoms with Crippen LogP contribution in [0, 0.1) is 6.92 Å². The van der Waals surface area contributed by atoms with Gasteiger partial charge in [-0.3, -0.25) is 9.59 Å². The van der Waals surface area contributed by atoms with Gasteiger partial charge in [-0.2, -0.15) is 0 Å². The number of halogens is 1. The lowest BCUT2D eigenvalue weighted by Crippen LogP contribution is -2.51. The lowest BCUT2D eigenvalue weighted by atomic mass is 9.95. The van der Waals surface area contributed by atoms with E-state index in [1.165, 1.54) is 6.42 Å². The Bertz CT molecular complexity index is 913. The minimum absolute atomic E-state index is 0.0172. The summed E-state index contributed by atoms with van der Waals surface area (Å²) in [6, 6.07) is 15.6. The summed E-state index contributed by atoms with van der Waals surface area (Å²) < 4.78 is 0. The zero-order chi connectivity index (χ0) is 23.6. The Balaban J connectivity index is 1.69. The molecule has 33 heavy (non-hydrogen) atoms. The van der Waals surface area contributed by atoms with Crippen LogP contribution < -0.4 is 5.32 Å². The summed E-state index contributed by atoms with van der Waals surface area (Å²) in [6.45, 7) is 4.48. The summed E-state index contributed by atoms with van der Waals surface area (Å²) in [5.41, 5.74) is 2.20. The van der Waals surface area contributed by atoms with Crippen LogP contribution >= 0.6 is 23.4 Å². The number of carbonyl (C=O) groups is 2. The Morgan fingerprint density at radius 3 is 2.52 bits per heavy atom. The fourth-order valence-electron chi connectivity index (χ4n) is 4.40. The van der Waals surface area contributed by atoms with Crippen molar-refractivity contribution < 1.29 is 9.59 Å². The fourth-order valence-corrected chi connectivity index (χ4v) is 5.37. The van der Waals surface area contributed by atoms with Crippen LogP contribution in [0.3, 0.4) is 0 Å². The van der Waals surface area contributed by atoms with Gasteiger partial charge in [0.15, 0.2) is 0 Å². The average Bonchev–Trinajstić information content (AvgIpc) is 2.81. The minimum atomic E-state index is -0.458. The van der Waals surface area contributed by atoms with Crippen molar-refractivity contribution in [1.82, 2.24) is 10.2 Å². The van der Waals surface area contributed by atoms with Gasteiger partial charge in [0.1, 0.15) is 6.04 Å². The van der Waals surface area contributed by atoms with Crippen molar-refractivity contribution in [3.05, 3.63) is 64.7 Å². The van der Waals surface area contributed by atoms with E-state index in [1.807, 2.05) is 56.3 Å². The molecule has 1 atom stereocenters. The molecule has 2 amide bonds. The first-order valence-electron chi connectivity index (χ1n) is 12.0. The molecule has 0 unspecified atom stereocenters. The maximum atomic E-state index is 13.4. The second-order valence-electron chi connectivity index (χ2n) is 8.83. The van der Waals surface area contributed by atoms with Crippen molar-refractivity contribution in [3.8, 4) is 0 Å². The largest absolute Gasteiger partial charge is 0.352 e. The lowest BCUT2D eigenvalue weighted by Gasteiger charge is -2.33. The molecule has 0 spiro atoms. The van der Waals surface area contributed by atoms with Gasteiger partial charge in [-0.05, 0) is 56.0 Å². The highest BCUT2D eigenvalue weighted by Gasteiger charge is 2.30. The molecule has 0 aromatic heterocycles. The normalized spacial score (nSPS) is 15.1. The van der Waals surface area contributed by atoms with E-state index in [1.54, 1.807) is 16.7 Å². The molecule has 0 aliphatic heterocycles. The summed E-state index contributed by atoms with van der Waals surface area (Å²) in [5.74, 6) is 0.658. The Labute approximate surface area is 207 Å². The molecule has 2 aromatic carbocycles. The van der Waals surface area contributed by atoms with Gasteiger partial charge in [-0.1, -0.05) is 67.6 Å². The minimum Gasteiger partial charge on any atom is -0.352 e. The molecule has 2 aromatic rings. The predicted molar refractivity (Wildman–Crippen MR) is 138 cm³/mol. The third-order valence-corrected chi connectivity index (χ3v) is 7.44. The number of hydrogen-bond donors (Lipinski definition) is 1. The second kappa shape index (κ2) is 13.0. The molecule has 0 heterocycles. The Morgan fingerprint density at radius 1 is 1.12 bits per heavy atom. The van der Waals surface area contributed by atoms with Gasteiger partial charge in [0, 0.05) is 34.7 Å². The van der Waals surface area contributed by atoms with Gasteiger partial charge in [0.25, 0.3) is 0 Å². The maximum absolute atomic E-state index is 13.4. The average molecular weight is 487 g/mol. The van der Waals surface area contributed by atoms with Crippen LogP contribution in [0.15, 0.2) is 53.4 Å². The van der Waals surface area contributed by atoms with Gasteiger partial charge in [-0.15, -0.1) is 11.8 Å². The number of aryl methyl sites for hydroxylation is 1. The van der Waals surface area contributed by atoms with Gasteiger partial charge < -0.3 is 10.2 Å². The smallest absolute Gasteiger partial charge is 0.243 e. The molecule has 0 bridgehead atoms. The van der Waals surface area contributed by atoms with Gasteiger partial charge >= 0.3 is 0 Å². The van der Waals surface area contributed by atoms with Crippen LogP contribution in [0.2, 0.25) is 5.02 Å². The number of hydrogen-bond acceptors (Lipinski definition) is 3. The van der Waals surface area contributed by atoms with E-state index in [4.69, 9.17) is 11.6 Å². The molecule has 1 fully saturated rings. The topological polar surface area (TPSA) is 49.4 Å². The first-order valence-corrected chi connectivity index (χ1v) is 13.4. The molecule has 1 N–H and O–H groups in total. The molecule has 178 valence electrons. The van der Waals surface area contributed by atoms with Crippen molar-refractivity contribution in [3.63, 3.8) is 0 Å². The number of carbonyl (C=O) groups excluding carboxylic acids is 2. The highest BCUT2D eigenvalue weighted by atomic mass is 35.5. The zero-order valence-corrected chi connectivity index (χ0v) is 21.3. The molecule has 6 heteroatoms. The zero-order valence-electron chi connectivity index (χ0n) is 19.7. The van der Waals surface area contributed by atoms with Crippen LogP contribution in [-0.4, -0.2) is 34.6 Å². The molecule has 1 aliphatic carbocycles. The van der Waals surface area contributed by atoms with Gasteiger partial charge in [0.05, 0.1) is 0 Å². The van der Waals surface area contributed by atoms with E-state index < -0.39 is 6.04 Å². The van der Waals surface area contributed by atoms with Crippen LogP contribution in [0.25, 0.3) is 0 Å². The van der Waals surface area contributed by atoms with Gasteiger partial charge in [-0.25, -0.2) is 0 Å². The molecule has 4 nitrogen and oxygen atoms in total. The van der Waals surface area contributed by atoms with Gasteiger partial charge in [0.2, 0.25) is 11.8 Å². The third-order valence-electron chi connectivity index (χ3n) is 6.17. The van der Waals surface area contributed by atoms with E-state index in [-0.39, 0.29) is 17.9 Å². The number of nitrogens with one attached hydrogen (secondary N) is 1. The van der Waals surface area contributed by atoms with Crippen molar-refractivity contribution in [1.29, 1.82) is 0 Å². The van der Waals surface area contributed by atoms with Crippen LogP contribution in [-0.2, 0) is 16.1 Å². The maximum Gasteiger partial charge on any atom is 0.243 e. The van der Waals surface area contributed by atoms with Crippen molar-refractivity contribution >= 4 is 35.2 Å². The highest BCUT2D eigenvalue weighted by Crippen LogP contribution is 2.23. The predicted octanol–water partition coefficient (Wildman–Crippen LogP) is 6.39. The molecule has 3 rings (SSSR count). The molecule has 1 saturated carbocycles. The summed E-state index contributed by atoms with van der Waals surface area (Å²) in [4.78, 5) is 29.5. The molecular formula is C27H35ClN2O2S. The Hall–Kier alpha value is -1.98. The Morgan fingerprint density at radius 2 is 1.85 bits per heavy atom. The van der Waals surface area contributed by atoms with E-state index in [0.29, 0.717) is 30.2 Å². The molecule has 0 radical (unpaired) electrons. The lowest BCUT2D eigenvalue weighted by molar-refractivity contribution is -0.141. The molecule has 1 aliphatic rings. The number of amides is 2. The standard InChI is InChI=1S/C27H35ClN2O2S/c1-3-25(27(32)29-23-10-5-4-6-11-23)30(19-21-9-7-8-20(2)18-21)26(31)16-17-33-24-14-12-22(28)13-15-24/h7-9,12-15,18,23,25H,3-6,10-11,16-17,19H2,1-2H3,(H,29,32)/t25-/m0/s1. The molecular weight excluding hydrogens is 452 g/mol. The van der Waals surface area contributed by atoms with E-state index >= 15 is 0 Å². The van der Waals surface area contributed by atoms with Crippen molar-refractivity contribution in [2.45, 2.75) is 82.3 Å². The molecule has 0 saturated heterocycles. The van der Waals surface area contributed by atoms with E-state index in [9.17, 15) is 9.59 Å². The fraction of sp³-hybridized carbons (Fsp3) is 0.481. The van der Waals surface area contributed by atoms with Crippen molar-refractivity contribution in [2.24, 2.45) is 0 Å². The number of benzene rings is 2. The number of thioether (sulfide) groups is 1. The van der Waals surface area contributed by atoms with Crippen molar-refractivity contribution in [2.75, 3.05) is 5.75 Å². The second-order valence-corrected chi connectivity index (χ2v) is 10.4. The summed E-state index contributed by atoms with van der Waals surface area (Å²) >= 11 is 7.60. The highest BCUT2D eigenvalue weighted by molar-refractivity contribution is 7.99. The summed E-state index contributed by atoms with van der Waals surface area (Å²) in [6.07, 6.45) is 6.61. The quantitative estimate of drug-likeness (QED) is 0.396. The van der Waals surface area contributed by atoms with Crippen LogP contribution in [0.4, 0.5) is 0 Å². The van der Waals surface area contributed by atoms with E-state index in [2.05, 4.69) is 11.4 Å². The first kappa shape index (κ1) is 25.6. The number of rotatable bonds is 10. The summed E-state index contributed by atoms with van der Waals surface area (Å²) in [7, 11) is 0. The number of nitrogens with zero attached hydrogens (tertiary/aromatic N) is 1. The van der Waals surface area contributed by atoms with E-state index in [0.717, 1.165) is 41.7 Å². The van der Waals surface area contributed by atoms with Crippen LogP contribution in [0.1, 0.15) is 63.0 Å². The first-order chi connectivity index (χ1) is 16.0. The Kier molecular flexibility index (Phi) is 10.1. The SMILES string of the molecule is CC[C@@H](C(=O)NC1CCCCC1)N(Cc1cccc(C)c1)C(=O)CCSc1ccc(Cl)cc1.